The fourth-order valence-electron chi connectivity index (χ4n) is 2.45. The first-order chi connectivity index (χ1) is 8.24. The zero-order valence-corrected chi connectivity index (χ0v) is 11.0. The first-order valence-corrected chi connectivity index (χ1v) is 7.02. The minimum absolute atomic E-state index is 0.185. The molecule has 0 aliphatic carbocycles. The Labute approximate surface area is 105 Å². The maximum absolute atomic E-state index is 5.83. The third-order valence-electron chi connectivity index (χ3n) is 3.25. The summed E-state index contributed by atoms with van der Waals surface area (Å²) in [7, 11) is 0. The van der Waals surface area contributed by atoms with Crippen LogP contribution < -0.4 is 5.32 Å². The third-order valence-corrected chi connectivity index (χ3v) is 4.62. The number of ether oxygens (including phenoxy) is 2. The highest BCUT2D eigenvalue weighted by molar-refractivity contribution is 7.11. The lowest BCUT2D eigenvalue weighted by atomic mass is 10.1. The van der Waals surface area contributed by atoms with Crippen molar-refractivity contribution in [2.45, 2.75) is 38.5 Å². The van der Waals surface area contributed by atoms with Crippen molar-refractivity contribution in [1.29, 1.82) is 0 Å². The molecule has 1 aromatic rings. The molecule has 0 spiro atoms. The minimum Gasteiger partial charge on any atom is -0.378 e. The highest BCUT2D eigenvalue weighted by atomic mass is 32.1. The van der Waals surface area contributed by atoms with Gasteiger partial charge in [0.05, 0.1) is 42.0 Å². The molecule has 3 atom stereocenters. The van der Waals surface area contributed by atoms with E-state index in [-0.39, 0.29) is 18.2 Å². The maximum Gasteiger partial charge on any atom is 0.113 e. The quantitative estimate of drug-likeness (QED) is 0.830. The molecule has 0 saturated carbocycles. The van der Waals surface area contributed by atoms with Crippen LogP contribution in [0.1, 0.15) is 41.6 Å². The summed E-state index contributed by atoms with van der Waals surface area (Å²) >= 11 is 1.77. The van der Waals surface area contributed by atoms with Crippen LogP contribution in [0, 0.1) is 0 Å². The highest BCUT2D eigenvalue weighted by Crippen LogP contribution is 2.36. The average Bonchev–Trinajstić information content (AvgIpc) is 2.74. The van der Waals surface area contributed by atoms with Gasteiger partial charge < -0.3 is 14.8 Å². The van der Waals surface area contributed by atoms with E-state index in [0.717, 1.165) is 31.2 Å². The van der Waals surface area contributed by atoms with Crippen molar-refractivity contribution in [3.63, 3.8) is 0 Å². The van der Waals surface area contributed by atoms with Gasteiger partial charge >= 0.3 is 0 Å². The number of rotatable bonds is 1. The van der Waals surface area contributed by atoms with Gasteiger partial charge in [-0.15, -0.1) is 11.3 Å². The number of morpholine rings is 1. The molecule has 0 bridgehead atoms. The van der Waals surface area contributed by atoms with E-state index in [1.807, 2.05) is 0 Å². The molecule has 1 aromatic heterocycles. The third kappa shape index (κ3) is 2.25. The van der Waals surface area contributed by atoms with Gasteiger partial charge in [-0.1, -0.05) is 0 Å². The van der Waals surface area contributed by atoms with E-state index in [1.165, 1.54) is 10.6 Å². The fourth-order valence-corrected chi connectivity index (χ4v) is 3.59. The van der Waals surface area contributed by atoms with Crippen LogP contribution in [0.2, 0.25) is 0 Å². The Morgan fingerprint density at radius 2 is 2.29 bits per heavy atom. The topological polar surface area (TPSA) is 43.4 Å². The second-order valence-electron chi connectivity index (χ2n) is 4.74. The van der Waals surface area contributed by atoms with Gasteiger partial charge in [-0.05, 0) is 13.8 Å². The first kappa shape index (κ1) is 11.6. The standard InChI is InChI=1S/C12H18N2O2S/c1-7-5-9-11(8(2)16-7)17-12(14-9)10-6-15-4-3-13-10/h7-8,10,13H,3-6H2,1-2H3. The summed E-state index contributed by atoms with van der Waals surface area (Å²) < 4.78 is 11.3. The molecule has 17 heavy (non-hydrogen) atoms. The smallest absolute Gasteiger partial charge is 0.113 e. The zero-order valence-electron chi connectivity index (χ0n) is 10.2. The van der Waals surface area contributed by atoms with Crippen LogP contribution in [0.15, 0.2) is 0 Å². The SMILES string of the molecule is CC1Cc2nc(C3COCCN3)sc2C(C)O1. The van der Waals surface area contributed by atoms with E-state index in [0.29, 0.717) is 0 Å². The minimum atomic E-state index is 0.185. The van der Waals surface area contributed by atoms with Crippen molar-refractivity contribution in [2.24, 2.45) is 0 Å². The predicted molar refractivity (Wildman–Crippen MR) is 66.3 cm³/mol. The summed E-state index contributed by atoms with van der Waals surface area (Å²) in [6.07, 6.45) is 1.40. The molecule has 1 N–H and O–H groups in total. The van der Waals surface area contributed by atoms with Gasteiger partial charge in [-0.25, -0.2) is 4.98 Å². The van der Waals surface area contributed by atoms with Gasteiger partial charge in [0.25, 0.3) is 0 Å². The molecule has 2 aliphatic rings. The highest BCUT2D eigenvalue weighted by Gasteiger charge is 2.28. The van der Waals surface area contributed by atoms with Crippen molar-refractivity contribution in [1.82, 2.24) is 10.3 Å². The van der Waals surface area contributed by atoms with Crippen molar-refractivity contribution >= 4 is 11.3 Å². The van der Waals surface area contributed by atoms with E-state index in [2.05, 4.69) is 19.2 Å². The first-order valence-electron chi connectivity index (χ1n) is 6.20. The zero-order chi connectivity index (χ0) is 11.8. The maximum atomic E-state index is 5.83. The second-order valence-corrected chi connectivity index (χ2v) is 5.80. The number of aromatic nitrogens is 1. The van der Waals surface area contributed by atoms with E-state index in [9.17, 15) is 0 Å². The summed E-state index contributed by atoms with van der Waals surface area (Å²) in [4.78, 5) is 6.07. The van der Waals surface area contributed by atoms with E-state index in [1.54, 1.807) is 11.3 Å². The van der Waals surface area contributed by atoms with Crippen molar-refractivity contribution in [2.75, 3.05) is 19.8 Å². The lowest BCUT2D eigenvalue weighted by Gasteiger charge is -2.23. The van der Waals surface area contributed by atoms with E-state index < -0.39 is 0 Å². The summed E-state index contributed by atoms with van der Waals surface area (Å²) in [6, 6.07) is 0.266. The molecule has 0 amide bonds. The molecular formula is C12H18N2O2S. The predicted octanol–water partition coefficient (Wildman–Crippen LogP) is 1.83. The van der Waals surface area contributed by atoms with Gasteiger partial charge in [-0.3, -0.25) is 0 Å². The Bertz CT molecular complexity index is 401. The summed E-state index contributed by atoms with van der Waals surface area (Å²) in [5, 5.41) is 4.60. The van der Waals surface area contributed by atoms with Gasteiger partial charge in [0, 0.05) is 13.0 Å². The Balaban J connectivity index is 1.85. The van der Waals surface area contributed by atoms with Gasteiger partial charge in [-0.2, -0.15) is 0 Å². The summed E-state index contributed by atoms with van der Waals surface area (Å²) in [5.41, 5.74) is 1.23. The van der Waals surface area contributed by atoms with Crippen LogP contribution in [-0.4, -0.2) is 30.8 Å². The largest absolute Gasteiger partial charge is 0.378 e. The molecule has 4 nitrogen and oxygen atoms in total. The number of fused-ring (bicyclic) bond motifs is 1. The molecule has 2 aliphatic heterocycles. The fraction of sp³-hybridized carbons (Fsp3) is 0.750. The Hall–Kier alpha value is -0.490. The van der Waals surface area contributed by atoms with Crippen LogP contribution in [-0.2, 0) is 15.9 Å². The number of nitrogens with zero attached hydrogens (tertiary/aromatic N) is 1. The van der Waals surface area contributed by atoms with Gasteiger partial charge in [0.1, 0.15) is 5.01 Å². The lowest BCUT2D eigenvalue weighted by molar-refractivity contribution is -0.00320. The molecule has 3 rings (SSSR count). The molecule has 3 unspecified atom stereocenters. The van der Waals surface area contributed by atoms with Crippen molar-refractivity contribution in [3.05, 3.63) is 15.6 Å². The summed E-state index contributed by atoms with van der Waals surface area (Å²) in [5.74, 6) is 0. The van der Waals surface area contributed by atoms with Crippen LogP contribution >= 0.6 is 11.3 Å². The molecule has 94 valence electrons. The Morgan fingerprint density at radius 1 is 1.41 bits per heavy atom. The lowest BCUT2D eigenvalue weighted by Crippen LogP contribution is -2.34. The van der Waals surface area contributed by atoms with Crippen molar-refractivity contribution < 1.29 is 9.47 Å². The Morgan fingerprint density at radius 3 is 3.06 bits per heavy atom. The number of hydrogen-bond acceptors (Lipinski definition) is 5. The van der Waals surface area contributed by atoms with E-state index in [4.69, 9.17) is 14.5 Å². The molecule has 1 saturated heterocycles. The molecular weight excluding hydrogens is 236 g/mol. The molecule has 0 radical (unpaired) electrons. The van der Waals surface area contributed by atoms with Crippen LogP contribution in [0.4, 0.5) is 0 Å². The van der Waals surface area contributed by atoms with Crippen molar-refractivity contribution in [3.8, 4) is 0 Å². The van der Waals surface area contributed by atoms with Crippen LogP contribution in [0.5, 0.6) is 0 Å². The van der Waals surface area contributed by atoms with Gasteiger partial charge in [0.15, 0.2) is 0 Å². The molecule has 0 aromatic carbocycles. The van der Waals surface area contributed by atoms with Gasteiger partial charge in [0.2, 0.25) is 0 Å². The number of nitrogens with one attached hydrogen (secondary N) is 1. The summed E-state index contributed by atoms with van der Waals surface area (Å²) in [6.45, 7) is 6.67. The van der Waals surface area contributed by atoms with Crippen LogP contribution in [0.3, 0.4) is 0 Å². The monoisotopic (exact) mass is 254 g/mol. The molecule has 5 heteroatoms. The number of thiazole rings is 1. The normalized spacial score (nSPS) is 33.4. The second kappa shape index (κ2) is 4.65. The average molecular weight is 254 g/mol. The number of hydrogen-bond donors (Lipinski definition) is 1. The van der Waals surface area contributed by atoms with Crippen LogP contribution in [0.25, 0.3) is 0 Å². The molecule has 3 heterocycles. The Kier molecular flexibility index (Phi) is 3.17. The van der Waals surface area contributed by atoms with E-state index >= 15 is 0 Å². The molecule has 1 fully saturated rings.